The van der Waals surface area contributed by atoms with Gasteiger partial charge in [0.15, 0.2) is 6.79 Å². The molecule has 0 spiro atoms. The van der Waals surface area contributed by atoms with Crippen molar-refractivity contribution in [2.75, 3.05) is 26.4 Å². The van der Waals surface area contributed by atoms with Crippen LogP contribution in [0.2, 0.25) is 0 Å². The van der Waals surface area contributed by atoms with Gasteiger partial charge >= 0.3 is 0 Å². The van der Waals surface area contributed by atoms with Crippen molar-refractivity contribution >= 4 is 11.9 Å². The van der Waals surface area contributed by atoms with Crippen LogP contribution in [0.25, 0.3) is 0 Å². The Hall–Kier alpha value is -1.99. The van der Waals surface area contributed by atoms with Crippen LogP contribution in [0.4, 0.5) is 5.69 Å². The van der Waals surface area contributed by atoms with Crippen molar-refractivity contribution in [3.8, 4) is 5.75 Å². The highest BCUT2D eigenvalue weighted by Gasteiger charge is 2.32. The number of aliphatic imine (C=N–C) groups is 1. The Morgan fingerprint density at radius 2 is 2.15 bits per heavy atom. The second kappa shape index (κ2) is 7.72. The maximum absolute atomic E-state index is 11.2. The summed E-state index contributed by atoms with van der Waals surface area (Å²) in [4.78, 5) is 18.1. The number of piperidine rings is 2. The van der Waals surface area contributed by atoms with Crippen molar-refractivity contribution in [2.45, 2.75) is 44.8 Å². The molecule has 2 atom stereocenters. The molecular formula is C19H25N3O4. The molecule has 0 aliphatic carbocycles. The van der Waals surface area contributed by atoms with Crippen molar-refractivity contribution in [3.05, 3.63) is 33.4 Å². The van der Waals surface area contributed by atoms with E-state index in [1.54, 1.807) is 12.3 Å². The van der Waals surface area contributed by atoms with Gasteiger partial charge in [0.1, 0.15) is 5.75 Å². The maximum Gasteiger partial charge on any atom is 0.270 e. The maximum atomic E-state index is 11.2. The van der Waals surface area contributed by atoms with E-state index in [9.17, 15) is 10.1 Å². The van der Waals surface area contributed by atoms with E-state index >= 15 is 0 Å². The minimum absolute atomic E-state index is 0.0513. The van der Waals surface area contributed by atoms with Gasteiger partial charge in [-0.2, -0.15) is 0 Å². The van der Waals surface area contributed by atoms with Crippen LogP contribution in [0.5, 0.6) is 5.75 Å². The van der Waals surface area contributed by atoms with Gasteiger partial charge in [-0.05, 0) is 44.7 Å². The van der Waals surface area contributed by atoms with Gasteiger partial charge in [0, 0.05) is 42.1 Å². The molecule has 0 amide bonds. The topological polar surface area (TPSA) is 77.2 Å². The Morgan fingerprint density at radius 3 is 3.04 bits per heavy atom. The predicted octanol–water partition coefficient (Wildman–Crippen LogP) is 3.14. The van der Waals surface area contributed by atoms with E-state index in [1.165, 1.54) is 51.3 Å². The molecule has 0 unspecified atom stereocenters. The Balaban J connectivity index is 1.51. The predicted molar refractivity (Wildman–Crippen MR) is 97.8 cm³/mol. The number of fused-ring (bicyclic) bond motifs is 2. The highest BCUT2D eigenvalue weighted by atomic mass is 16.7. The fourth-order valence-corrected chi connectivity index (χ4v) is 4.51. The number of non-ortho nitro benzene ring substituents is 1. The average molecular weight is 359 g/mol. The van der Waals surface area contributed by atoms with Gasteiger partial charge in [-0.1, -0.05) is 6.42 Å². The van der Waals surface area contributed by atoms with Crippen molar-refractivity contribution in [1.82, 2.24) is 4.90 Å². The van der Waals surface area contributed by atoms with Gasteiger partial charge in [-0.3, -0.25) is 15.1 Å². The smallest absolute Gasteiger partial charge is 0.270 e. The first-order valence-electron chi connectivity index (χ1n) is 9.48. The Kier molecular flexibility index (Phi) is 5.17. The summed E-state index contributed by atoms with van der Waals surface area (Å²) in [5, 5.41) is 11.2. The van der Waals surface area contributed by atoms with E-state index in [-0.39, 0.29) is 17.4 Å². The van der Waals surface area contributed by atoms with E-state index in [0.717, 1.165) is 6.54 Å². The van der Waals surface area contributed by atoms with Gasteiger partial charge in [-0.25, -0.2) is 0 Å². The fraction of sp³-hybridized carbons (Fsp3) is 0.632. The number of benzene rings is 1. The molecule has 7 heteroatoms. The molecule has 0 aromatic heterocycles. The number of nitro benzene ring substituents is 1. The average Bonchev–Trinajstić information content (AvgIpc) is 2.68. The van der Waals surface area contributed by atoms with Crippen LogP contribution in [0.15, 0.2) is 17.1 Å². The minimum atomic E-state index is -0.382. The highest BCUT2D eigenvalue weighted by molar-refractivity contribution is 5.85. The van der Waals surface area contributed by atoms with Gasteiger partial charge in [0.05, 0.1) is 11.5 Å². The second-order valence-corrected chi connectivity index (χ2v) is 7.39. The number of nitrogens with zero attached hydrogens (tertiary/aromatic N) is 3. The molecule has 0 saturated carbocycles. The Bertz CT molecular complexity index is 704. The van der Waals surface area contributed by atoms with Gasteiger partial charge in [0.25, 0.3) is 5.69 Å². The zero-order chi connectivity index (χ0) is 17.9. The van der Waals surface area contributed by atoms with Crippen LogP contribution in [-0.4, -0.2) is 48.5 Å². The summed E-state index contributed by atoms with van der Waals surface area (Å²) in [5.41, 5.74) is 1.44. The van der Waals surface area contributed by atoms with Gasteiger partial charge < -0.3 is 14.4 Å². The van der Waals surface area contributed by atoms with Crippen molar-refractivity contribution < 1.29 is 14.4 Å². The molecule has 1 aromatic carbocycles. The number of hydrogen-bond acceptors (Lipinski definition) is 6. The molecule has 0 N–H and O–H groups in total. The lowest BCUT2D eigenvalue weighted by Crippen LogP contribution is -2.48. The third-order valence-electron chi connectivity index (χ3n) is 5.73. The number of hydrogen-bond donors (Lipinski definition) is 0. The molecule has 2 fully saturated rings. The van der Waals surface area contributed by atoms with E-state index in [1.807, 2.05) is 0 Å². The molecule has 0 radical (unpaired) electrons. The third-order valence-corrected chi connectivity index (χ3v) is 5.73. The zero-order valence-corrected chi connectivity index (χ0v) is 14.9. The van der Waals surface area contributed by atoms with E-state index in [2.05, 4.69) is 9.89 Å². The van der Waals surface area contributed by atoms with Crippen LogP contribution in [0, 0.1) is 16.0 Å². The summed E-state index contributed by atoms with van der Waals surface area (Å²) in [7, 11) is 0. The van der Waals surface area contributed by atoms with Crippen molar-refractivity contribution in [1.29, 1.82) is 0 Å². The summed E-state index contributed by atoms with van der Waals surface area (Å²) in [6.07, 6.45) is 8.10. The first kappa shape index (κ1) is 17.4. The molecule has 0 bridgehead atoms. The number of nitro groups is 1. The lowest BCUT2D eigenvalue weighted by molar-refractivity contribution is -0.385. The van der Waals surface area contributed by atoms with Crippen molar-refractivity contribution in [3.63, 3.8) is 0 Å². The molecule has 1 aromatic rings. The standard InChI is InChI=1S/C19H25N3O4/c23-22(24)17-8-15(19-16(9-17)12-25-13-26-19)11-20-10-14-4-3-7-21-6-2-1-5-18(14)21/h8-9,11,14,18H,1-7,10,12-13H2/t14-,18+/m0/s1. The van der Waals surface area contributed by atoms with Gasteiger partial charge in [-0.15, -0.1) is 0 Å². The second-order valence-electron chi connectivity index (χ2n) is 7.39. The Labute approximate surface area is 153 Å². The van der Waals surface area contributed by atoms with E-state index in [0.29, 0.717) is 35.4 Å². The third kappa shape index (κ3) is 3.59. The summed E-state index contributed by atoms with van der Waals surface area (Å²) >= 11 is 0. The molecular weight excluding hydrogens is 334 g/mol. The summed E-state index contributed by atoms with van der Waals surface area (Å²) in [5.74, 6) is 1.24. The molecule has 3 aliphatic heterocycles. The lowest BCUT2D eigenvalue weighted by atomic mass is 9.83. The monoisotopic (exact) mass is 359 g/mol. The first-order chi connectivity index (χ1) is 12.7. The van der Waals surface area contributed by atoms with E-state index in [4.69, 9.17) is 9.47 Å². The highest BCUT2D eigenvalue weighted by Crippen LogP contribution is 2.33. The first-order valence-corrected chi connectivity index (χ1v) is 9.48. The number of ether oxygens (including phenoxy) is 2. The molecule has 7 nitrogen and oxygen atoms in total. The van der Waals surface area contributed by atoms with Crippen LogP contribution in [0.3, 0.4) is 0 Å². The minimum Gasteiger partial charge on any atom is -0.466 e. The largest absolute Gasteiger partial charge is 0.466 e. The van der Waals surface area contributed by atoms with Gasteiger partial charge in [0.2, 0.25) is 0 Å². The van der Waals surface area contributed by atoms with Crippen molar-refractivity contribution in [2.24, 2.45) is 10.9 Å². The number of rotatable bonds is 4. The SMILES string of the molecule is O=[N+]([O-])c1cc(C=NC[C@@H]2CCCN3CCCC[C@H]23)c2c(c1)COCO2. The van der Waals surface area contributed by atoms with Crippen LogP contribution >= 0.6 is 0 Å². The molecule has 3 aliphatic rings. The quantitative estimate of drug-likeness (QED) is 0.469. The lowest BCUT2D eigenvalue weighted by Gasteiger charge is -2.44. The fourth-order valence-electron chi connectivity index (χ4n) is 4.51. The molecule has 4 rings (SSSR count). The molecule has 26 heavy (non-hydrogen) atoms. The Morgan fingerprint density at radius 1 is 1.27 bits per heavy atom. The summed E-state index contributed by atoms with van der Waals surface area (Å²) in [6.45, 7) is 3.71. The van der Waals surface area contributed by atoms with Crippen LogP contribution in [-0.2, 0) is 11.3 Å². The van der Waals surface area contributed by atoms with Crippen LogP contribution in [0.1, 0.15) is 43.2 Å². The molecule has 140 valence electrons. The normalized spacial score (nSPS) is 26.2. The zero-order valence-electron chi connectivity index (χ0n) is 14.9. The van der Waals surface area contributed by atoms with Crippen LogP contribution < -0.4 is 4.74 Å². The van der Waals surface area contributed by atoms with E-state index < -0.39 is 0 Å². The summed E-state index contributed by atoms with van der Waals surface area (Å²) in [6, 6.07) is 3.72. The molecule has 2 saturated heterocycles. The summed E-state index contributed by atoms with van der Waals surface area (Å²) < 4.78 is 10.8. The molecule has 3 heterocycles.